The van der Waals surface area contributed by atoms with E-state index in [4.69, 9.17) is 5.73 Å². The molecule has 2 N–H and O–H groups in total. The third-order valence-electron chi connectivity index (χ3n) is 3.70. The highest BCUT2D eigenvalue weighted by Crippen LogP contribution is 2.57. The summed E-state index contributed by atoms with van der Waals surface area (Å²) in [4.78, 5) is 0. The van der Waals surface area contributed by atoms with Crippen LogP contribution in [0.3, 0.4) is 0 Å². The van der Waals surface area contributed by atoms with Crippen molar-refractivity contribution < 1.29 is 4.39 Å². The molecule has 1 aliphatic carbocycles. The van der Waals surface area contributed by atoms with E-state index in [-0.39, 0.29) is 11.2 Å². The number of hydrogen-bond donors (Lipinski definition) is 1. The van der Waals surface area contributed by atoms with Gasteiger partial charge in [-0.2, -0.15) is 0 Å². The summed E-state index contributed by atoms with van der Waals surface area (Å²) in [5.74, 6) is 1.08. The standard InChI is InChI=1S/C13H18FN/c1-9(2)12-7-13(12,8-15)10-4-3-5-11(14)6-10/h3-6,9,12H,7-8,15H2,1-2H3. The van der Waals surface area contributed by atoms with Crippen molar-refractivity contribution in [3.05, 3.63) is 35.6 Å². The van der Waals surface area contributed by atoms with Gasteiger partial charge in [0.1, 0.15) is 5.82 Å². The molecule has 2 heteroatoms. The molecule has 1 nitrogen and oxygen atoms in total. The molecule has 0 bridgehead atoms. The fraction of sp³-hybridized carbons (Fsp3) is 0.538. The van der Waals surface area contributed by atoms with Crippen LogP contribution < -0.4 is 5.73 Å². The van der Waals surface area contributed by atoms with Crippen molar-refractivity contribution in [2.75, 3.05) is 6.54 Å². The molecular weight excluding hydrogens is 189 g/mol. The van der Waals surface area contributed by atoms with E-state index < -0.39 is 0 Å². The zero-order valence-corrected chi connectivity index (χ0v) is 9.33. The zero-order chi connectivity index (χ0) is 11.1. The van der Waals surface area contributed by atoms with Crippen LogP contribution in [0, 0.1) is 17.7 Å². The van der Waals surface area contributed by atoms with Gasteiger partial charge in [-0.25, -0.2) is 4.39 Å². The van der Waals surface area contributed by atoms with Crippen molar-refractivity contribution in [1.82, 2.24) is 0 Å². The van der Waals surface area contributed by atoms with E-state index >= 15 is 0 Å². The molecule has 1 aromatic rings. The normalized spacial score (nSPS) is 29.5. The lowest BCUT2D eigenvalue weighted by Crippen LogP contribution is -2.24. The largest absolute Gasteiger partial charge is 0.330 e. The summed E-state index contributed by atoms with van der Waals surface area (Å²) in [6.07, 6.45) is 1.10. The van der Waals surface area contributed by atoms with Gasteiger partial charge >= 0.3 is 0 Å². The Hall–Kier alpha value is -0.890. The predicted octanol–water partition coefficient (Wildman–Crippen LogP) is 2.70. The maximum atomic E-state index is 13.1. The van der Waals surface area contributed by atoms with Gasteiger partial charge in [-0.1, -0.05) is 26.0 Å². The number of nitrogens with two attached hydrogens (primary N) is 1. The van der Waals surface area contributed by atoms with Crippen LogP contribution in [0.25, 0.3) is 0 Å². The van der Waals surface area contributed by atoms with Gasteiger partial charge in [-0.05, 0) is 36.0 Å². The van der Waals surface area contributed by atoms with Crippen molar-refractivity contribution in [2.24, 2.45) is 17.6 Å². The van der Waals surface area contributed by atoms with E-state index in [2.05, 4.69) is 13.8 Å². The van der Waals surface area contributed by atoms with E-state index in [1.54, 1.807) is 12.1 Å². The first-order valence-corrected chi connectivity index (χ1v) is 5.56. The van der Waals surface area contributed by atoms with Gasteiger partial charge in [-0.15, -0.1) is 0 Å². The predicted molar refractivity (Wildman–Crippen MR) is 60.1 cm³/mol. The summed E-state index contributed by atoms with van der Waals surface area (Å²) in [5.41, 5.74) is 6.98. The maximum absolute atomic E-state index is 13.1. The smallest absolute Gasteiger partial charge is 0.123 e. The molecule has 1 aliphatic rings. The van der Waals surface area contributed by atoms with E-state index in [1.807, 2.05) is 6.07 Å². The quantitative estimate of drug-likeness (QED) is 0.810. The van der Waals surface area contributed by atoms with Crippen molar-refractivity contribution in [3.63, 3.8) is 0 Å². The Bertz CT molecular complexity index is 361. The summed E-state index contributed by atoms with van der Waals surface area (Å²) in [5, 5.41) is 0. The minimum absolute atomic E-state index is 0.0519. The molecule has 1 saturated carbocycles. The van der Waals surface area contributed by atoms with Crippen LogP contribution >= 0.6 is 0 Å². The molecule has 0 aliphatic heterocycles. The van der Waals surface area contributed by atoms with E-state index in [9.17, 15) is 4.39 Å². The monoisotopic (exact) mass is 207 g/mol. The highest BCUT2D eigenvalue weighted by atomic mass is 19.1. The number of halogens is 1. The van der Waals surface area contributed by atoms with E-state index in [1.165, 1.54) is 6.07 Å². The Balaban J connectivity index is 2.30. The molecule has 0 spiro atoms. The topological polar surface area (TPSA) is 26.0 Å². The van der Waals surface area contributed by atoms with Crippen molar-refractivity contribution >= 4 is 0 Å². The van der Waals surface area contributed by atoms with Gasteiger partial charge < -0.3 is 5.73 Å². The van der Waals surface area contributed by atoms with Crippen LogP contribution in [0.1, 0.15) is 25.8 Å². The second-order valence-electron chi connectivity index (χ2n) is 4.93. The maximum Gasteiger partial charge on any atom is 0.123 e. The number of hydrogen-bond acceptors (Lipinski definition) is 1. The molecule has 0 amide bonds. The first-order valence-electron chi connectivity index (χ1n) is 5.56. The summed E-state index contributed by atoms with van der Waals surface area (Å²) in [6, 6.07) is 6.89. The molecule has 0 radical (unpaired) electrons. The van der Waals surface area contributed by atoms with Crippen LogP contribution in [0.5, 0.6) is 0 Å². The minimum Gasteiger partial charge on any atom is -0.330 e. The third kappa shape index (κ3) is 1.67. The zero-order valence-electron chi connectivity index (χ0n) is 9.33. The first-order chi connectivity index (χ1) is 7.10. The lowest BCUT2D eigenvalue weighted by atomic mass is 9.89. The van der Waals surface area contributed by atoms with Crippen molar-refractivity contribution in [1.29, 1.82) is 0 Å². The molecule has 2 atom stereocenters. The van der Waals surface area contributed by atoms with Gasteiger partial charge in [0.25, 0.3) is 0 Å². The Morgan fingerprint density at radius 3 is 2.73 bits per heavy atom. The molecule has 0 saturated heterocycles. The van der Waals surface area contributed by atoms with Gasteiger partial charge in [0, 0.05) is 12.0 Å². The van der Waals surface area contributed by atoms with Crippen LogP contribution in [0.15, 0.2) is 24.3 Å². The van der Waals surface area contributed by atoms with E-state index in [0.717, 1.165) is 12.0 Å². The lowest BCUT2D eigenvalue weighted by Gasteiger charge is -2.17. The van der Waals surface area contributed by atoms with Crippen LogP contribution in [0.2, 0.25) is 0 Å². The summed E-state index contributed by atoms with van der Waals surface area (Å²) in [6.45, 7) is 5.04. The minimum atomic E-state index is -0.158. The van der Waals surface area contributed by atoms with Crippen molar-refractivity contribution in [3.8, 4) is 0 Å². The van der Waals surface area contributed by atoms with Gasteiger partial charge in [0.2, 0.25) is 0 Å². The second-order valence-corrected chi connectivity index (χ2v) is 4.93. The molecule has 1 aromatic carbocycles. The molecule has 82 valence electrons. The van der Waals surface area contributed by atoms with Crippen LogP contribution in [0.4, 0.5) is 4.39 Å². The molecule has 0 aromatic heterocycles. The van der Waals surface area contributed by atoms with Crippen molar-refractivity contribution in [2.45, 2.75) is 25.7 Å². The number of benzene rings is 1. The van der Waals surface area contributed by atoms with Gasteiger partial charge in [0.15, 0.2) is 0 Å². The molecular formula is C13H18FN. The van der Waals surface area contributed by atoms with Gasteiger partial charge in [-0.3, -0.25) is 0 Å². The second kappa shape index (κ2) is 3.60. The SMILES string of the molecule is CC(C)C1CC1(CN)c1cccc(F)c1. The Kier molecular flexibility index (Phi) is 2.55. The average Bonchev–Trinajstić information content (AvgIpc) is 2.93. The Morgan fingerprint density at radius 2 is 2.27 bits per heavy atom. The molecule has 0 heterocycles. The highest BCUT2D eigenvalue weighted by molar-refractivity contribution is 5.35. The molecule has 15 heavy (non-hydrogen) atoms. The molecule has 2 unspecified atom stereocenters. The molecule has 2 rings (SSSR count). The average molecular weight is 207 g/mol. The first kappa shape index (κ1) is 10.6. The highest BCUT2D eigenvalue weighted by Gasteiger charge is 2.55. The Morgan fingerprint density at radius 1 is 1.53 bits per heavy atom. The van der Waals surface area contributed by atoms with Gasteiger partial charge in [0.05, 0.1) is 0 Å². The summed E-state index contributed by atoms with van der Waals surface area (Å²) < 4.78 is 13.1. The van der Waals surface area contributed by atoms with E-state index in [0.29, 0.717) is 18.4 Å². The molecule has 1 fully saturated rings. The number of rotatable bonds is 3. The summed E-state index contributed by atoms with van der Waals surface area (Å²) >= 11 is 0. The van der Waals surface area contributed by atoms with Crippen LogP contribution in [-0.4, -0.2) is 6.54 Å². The summed E-state index contributed by atoms with van der Waals surface area (Å²) in [7, 11) is 0. The lowest BCUT2D eigenvalue weighted by molar-refractivity contribution is 0.482. The fourth-order valence-electron chi connectivity index (χ4n) is 2.69. The van der Waals surface area contributed by atoms with Crippen LogP contribution in [-0.2, 0) is 5.41 Å². The fourth-order valence-corrected chi connectivity index (χ4v) is 2.69. The Labute approximate surface area is 90.5 Å². The third-order valence-corrected chi connectivity index (χ3v) is 3.70.